The molecule has 3 rings (SSSR count). The molecule has 1 N–H and O–H groups in total. The molecule has 0 bridgehead atoms. The Bertz CT molecular complexity index is 416. The summed E-state index contributed by atoms with van der Waals surface area (Å²) in [5.74, 6) is 0.782. The number of benzene rings is 1. The third kappa shape index (κ3) is 2.15. The highest BCUT2D eigenvalue weighted by molar-refractivity contribution is 5.43. The molecule has 0 amide bonds. The maximum absolute atomic E-state index is 13.9. The summed E-state index contributed by atoms with van der Waals surface area (Å²) in [6.07, 6.45) is 0.842. The van der Waals surface area contributed by atoms with Crippen molar-refractivity contribution in [3.05, 3.63) is 29.1 Å². The van der Waals surface area contributed by atoms with Crippen LogP contribution in [0.25, 0.3) is 0 Å². The lowest BCUT2D eigenvalue weighted by atomic mass is 10.0. The van der Waals surface area contributed by atoms with Crippen LogP contribution in [0.1, 0.15) is 11.1 Å². The molecule has 1 aromatic rings. The van der Waals surface area contributed by atoms with Crippen molar-refractivity contribution in [3.8, 4) is 5.75 Å². The van der Waals surface area contributed by atoms with E-state index in [2.05, 4.69) is 10.2 Å². The lowest BCUT2D eigenvalue weighted by Crippen LogP contribution is -2.43. The van der Waals surface area contributed by atoms with Crippen LogP contribution < -0.4 is 10.1 Å². The third-order valence-corrected chi connectivity index (χ3v) is 3.53. The van der Waals surface area contributed by atoms with E-state index in [-0.39, 0.29) is 5.82 Å². The van der Waals surface area contributed by atoms with Crippen LogP contribution in [-0.2, 0) is 13.0 Å². The molecule has 3 nitrogen and oxygen atoms in total. The van der Waals surface area contributed by atoms with Gasteiger partial charge in [-0.1, -0.05) is 0 Å². The van der Waals surface area contributed by atoms with Gasteiger partial charge in [-0.15, -0.1) is 0 Å². The molecule has 0 radical (unpaired) electrons. The SMILES string of the molecule is Fc1ccc2c(c1CN1CCNCC1)CCO2. The molecule has 1 aromatic carbocycles. The monoisotopic (exact) mass is 236 g/mol. The number of hydrogen-bond donors (Lipinski definition) is 1. The molecule has 0 aliphatic carbocycles. The Hall–Kier alpha value is -1.13. The maximum atomic E-state index is 13.9. The smallest absolute Gasteiger partial charge is 0.128 e. The minimum absolute atomic E-state index is 0.0900. The van der Waals surface area contributed by atoms with Gasteiger partial charge in [0.25, 0.3) is 0 Å². The molecule has 0 aromatic heterocycles. The zero-order valence-electron chi connectivity index (χ0n) is 9.84. The van der Waals surface area contributed by atoms with Crippen LogP contribution in [0.2, 0.25) is 0 Å². The highest BCUT2D eigenvalue weighted by Crippen LogP contribution is 2.30. The van der Waals surface area contributed by atoms with E-state index in [9.17, 15) is 4.39 Å². The molecular weight excluding hydrogens is 219 g/mol. The van der Waals surface area contributed by atoms with Crippen LogP contribution in [0.4, 0.5) is 4.39 Å². The Kier molecular flexibility index (Phi) is 2.99. The fourth-order valence-electron chi connectivity index (χ4n) is 2.58. The summed E-state index contributed by atoms with van der Waals surface area (Å²) in [5, 5.41) is 3.31. The van der Waals surface area contributed by atoms with E-state index in [1.165, 1.54) is 6.07 Å². The van der Waals surface area contributed by atoms with Gasteiger partial charge in [-0.3, -0.25) is 4.90 Å². The molecule has 4 heteroatoms. The number of halogens is 1. The number of piperazine rings is 1. The van der Waals surface area contributed by atoms with Crippen molar-refractivity contribution in [1.82, 2.24) is 10.2 Å². The summed E-state index contributed by atoms with van der Waals surface area (Å²) in [6, 6.07) is 3.28. The summed E-state index contributed by atoms with van der Waals surface area (Å²) in [5.41, 5.74) is 1.91. The van der Waals surface area contributed by atoms with Gasteiger partial charge in [0.2, 0.25) is 0 Å². The van der Waals surface area contributed by atoms with Crippen molar-refractivity contribution in [2.45, 2.75) is 13.0 Å². The van der Waals surface area contributed by atoms with Crippen molar-refractivity contribution >= 4 is 0 Å². The van der Waals surface area contributed by atoms with Crippen molar-refractivity contribution in [3.63, 3.8) is 0 Å². The number of hydrogen-bond acceptors (Lipinski definition) is 3. The highest BCUT2D eigenvalue weighted by Gasteiger charge is 2.21. The highest BCUT2D eigenvalue weighted by atomic mass is 19.1. The standard InChI is InChI=1S/C13H17FN2O/c14-12-1-2-13-10(3-8-17-13)11(12)9-16-6-4-15-5-7-16/h1-2,15H,3-9H2. The zero-order valence-corrected chi connectivity index (χ0v) is 9.84. The van der Waals surface area contributed by atoms with E-state index in [4.69, 9.17) is 4.74 Å². The van der Waals surface area contributed by atoms with Gasteiger partial charge in [0, 0.05) is 50.3 Å². The molecular formula is C13H17FN2O. The largest absolute Gasteiger partial charge is 0.493 e. The van der Waals surface area contributed by atoms with E-state index in [1.54, 1.807) is 6.07 Å². The van der Waals surface area contributed by atoms with Crippen LogP contribution >= 0.6 is 0 Å². The molecule has 2 aliphatic heterocycles. The van der Waals surface area contributed by atoms with Crippen LogP contribution in [0.15, 0.2) is 12.1 Å². The van der Waals surface area contributed by atoms with Crippen LogP contribution in [-0.4, -0.2) is 37.7 Å². The van der Waals surface area contributed by atoms with Crippen molar-refractivity contribution in [2.75, 3.05) is 32.8 Å². The second-order valence-electron chi connectivity index (χ2n) is 4.63. The summed E-state index contributed by atoms with van der Waals surface area (Å²) in [6.45, 7) is 5.36. The van der Waals surface area contributed by atoms with Gasteiger partial charge >= 0.3 is 0 Å². The third-order valence-electron chi connectivity index (χ3n) is 3.53. The fourth-order valence-corrected chi connectivity index (χ4v) is 2.58. The molecule has 1 saturated heterocycles. The Morgan fingerprint density at radius 1 is 1.29 bits per heavy atom. The lowest BCUT2D eigenvalue weighted by Gasteiger charge is -2.27. The normalized spacial score (nSPS) is 20.1. The van der Waals surface area contributed by atoms with Gasteiger partial charge in [-0.25, -0.2) is 4.39 Å². The maximum Gasteiger partial charge on any atom is 0.128 e. The fraction of sp³-hybridized carbons (Fsp3) is 0.538. The number of fused-ring (bicyclic) bond motifs is 1. The van der Waals surface area contributed by atoms with Crippen molar-refractivity contribution in [2.24, 2.45) is 0 Å². The molecule has 0 saturated carbocycles. The first-order valence-electron chi connectivity index (χ1n) is 6.21. The van der Waals surface area contributed by atoms with Gasteiger partial charge in [-0.2, -0.15) is 0 Å². The van der Waals surface area contributed by atoms with E-state index < -0.39 is 0 Å². The first-order valence-corrected chi connectivity index (χ1v) is 6.21. The van der Waals surface area contributed by atoms with Crippen LogP contribution in [0.3, 0.4) is 0 Å². The predicted octanol–water partition coefficient (Wildman–Crippen LogP) is 1.17. The molecule has 2 aliphatic rings. The second-order valence-corrected chi connectivity index (χ2v) is 4.63. The summed E-state index contributed by atoms with van der Waals surface area (Å²) >= 11 is 0. The molecule has 2 heterocycles. The van der Waals surface area contributed by atoms with Gasteiger partial charge in [0.15, 0.2) is 0 Å². The number of ether oxygens (including phenoxy) is 1. The summed E-state index contributed by atoms with van der Waals surface area (Å²) in [4.78, 5) is 2.30. The molecule has 17 heavy (non-hydrogen) atoms. The Morgan fingerprint density at radius 2 is 2.12 bits per heavy atom. The first-order chi connectivity index (χ1) is 8.34. The van der Waals surface area contributed by atoms with Crippen molar-refractivity contribution in [1.29, 1.82) is 0 Å². The number of nitrogens with one attached hydrogen (secondary N) is 1. The van der Waals surface area contributed by atoms with E-state index >= 15 is 0 Å². The molecule has 0 atom stereocenters. The van der Waals surface area contributed by atoms with E-state index in [0.717, 1.165) is 49.5 Å². The van der Waals surface area contributed by atoms with E-state index in [1.807, 2.05) is 0 Å². The Labute approximate surface area is 101 Å². The quantitative estimate of drug-likeness (QED) is 0.834. The first kappa shape index (κ1) is 11.0. The van der Waals surface area contributed by atoms with Crippen LogP contribution in [0, 0.1) is 5.82 Å². The lowest BCUT2D eigenvalue weighted by molar-refractivity contribution is 0.230. The van der Waals surface area contributed by atoms with Crippen LogP contribution in [0.5, 0.6) is 5.75 Å². The van der Waals surface area contributed by atoms with Gasteiger partial charge in [-0.05, 0) is 12.1 Å². The number of rotatable bonds is 2. The minimum Gasteiger partial charge on any atom is -0.493 e. The molecule has 1 fully saturated rings. The summed E-state index contributed by atoms with van der Waals surface area (Å²) in [7, 11) is 0. The Morgan fingerprint density at radius 3 is 2.94 bits per heavy atom. The van der Waals surface area contributed by atoms with Crippen molar-refractivity contribution < 1.29 is 9.13 Å². The zero-order chi connectivity index (χ0) is 11.7. The molecule has 0 unspecified atom stereocenters. The minimum atomic E-state index is -0.0900. The number of nitrogens with zero attached hydrogens (tertiary/aromatic N) is 1. The second kappa shape index (κ2) is 4.63. The molecule has 92 valence electrons. The van der Waals surface area contributed by atoms with Gasteiger partial charge in [0.05, 0.1) is 6.61 Å². The average Bonchev–Trinajstić information content (AvgIpc) is 2.83. The predicted molar refractivity (Wildman–Crippen MR) is 63.7 cm³/mol. The van der Waals surface area contributed by atoms with E-state index in [0.29, 0.717) is 13.2 Å². The summed E-state index contributed by atoms with van der Waals surface area (Å²) < 4.78 is 19.4. The van der Waals surface area contributed by atoms with Gasteiger partial charge < -0.3 is 10.1 Å². The topological polar surface area (TPSA) is 24.5 Å². The van der Waals surface area contributed by atoms with Gasteiger partial charge in [0.1, 0.15) is 11.6 Å². The molecule has 0 spiro atoms. The average molecular weight is 236 g/mol. The Balaban J connectivity index is 1.84.